The number of rotatable bonds is 3. The summed E-state index contributed by atoms with van der Waals surface area (Å²) in [5.41, 5.74) is 5.77. The predicted molar refractivity (Wildman–Crippen MR) is 66.3 cm³/mol. The second-order valence-electron chi connectivity index (χ2n) is 5.36. The van der Waals surface area contributed by atoms with Crippen LogP contribution in [0.2, 0.25) is 0 Å². The molecule has 2 atom stereocenters. The van der Waals surface area contributed by atoms with Crippen LogP contribution in [0, 0.1) is 17.6 Å². The highest BCUT2D eigenvalue weighted by Gasteiger charge is 2.49. The quantitative estimate of drug-likeness (QED) is 0.912. The van der Waals surface area contributed by atoms with E-state index in [9.17, 15) is 18.4 Å². The average Bonchev–Trinajstić information content (AvgIpc) is 3.16. The Bertz CT molecular complexity index is 587. The van der Waals surface area contributed by atoms with E-state index in [4.69, 9.17) is 5.73 Å². The minimum Gasteiger partial charge on any atom is -0.369 e. The molecule has 0 spiro atoms. The molecule has 1 aromatic rings. The van der Waals surface area contributed by atoms with Crippen LogP contribution < -0.4 is 5.73 Å². The van der Waals surface area contributed by atoms with Crippen LogP contribution in [0.25, 0.3) is 0 Å². The first-order valence-corrected chi connectivity index (χ1v) is 6.54. The topological polar surface area (TPSA) is 63.4 Å². The Labute approximate surface area is 114 Å². The lowest BCUT2D eigenvalue weighted by Gasteiger charge is -2.27. The van der Waals surface area contributed by atoms with E-state index in [1.165, 1.54) is 6.07 Å². The molecule has 1 aliphatic carbocycles. The molecule has 2 N–H and O–H groups in total. The third-order valence-corrected chi connectivity index (χ3v) is 3.95. The zero-order valence-electron chi connectivity index (χ0n) is 10.7. The van der Waals surface area contributed by atoms with E-state index in [0.717, 1.165) is 25.0 Å². The van der Waals surface area contributed by atoms with Crippen molar-refractivity contribution in [2.24, 2.45) is 11.7 Å². The molecule has 20 heavy (non-hydrogen) atoms. The molecule has 0 aromatic heterocycles. The Morgan fingerprint density at radius 3 is 2.50 bits per heavy atom. The van der Waals surface area contributed by atoms with Gasteiger partial charge in [-0.2, -0.15) is 0 Å². The van der Waals surface area contributed by atoms with Crippen LogP contribution in [0.3, 0.4) is 0 Å². The number of hydrogen-bond donors (Lipinski definition) is 1. The number of likely N-dealkylation sites (tertiary alicyclic amines) is 1. The number of primary amides is 1. The van der Waals surface area contributed by atoms with E-state index in [1.54, 1.807) is 4.90 Å². The number of carbonyl (C=O) groups excluding carboxylic acids is 2. The number of amides is 2. The average molecular weight is 280 g/mol. The highest BCUT2D eigenvalue weighted by Crippen LogP contribution is 2.44. The first kappa shape index (κ1) is 13.0. The Morgan fingerprint density at radius 2 is 1.95 bits per heavy atom. The van der Waals surface area contributed by atoms with Crippen LogP contribution in [0.5, 0.6) is 0 Å². The molecule has 2 aliphatic rings. The van der Waals surface area contributed by atoms with E-state index in [2.05, 4.69) is 0 Å². The molecule has 1 aliphatic heterocycles. The van der Waals surface area contributed by atoms with E-state index < -0.39 is 29.5 Å². The van der Waals surface area contributed by atoms with Crippen molar-refractivity contribution in [3.63, 3.8) is 0 Å². The van der Waals surface area contributed by atoms with Gasteiger partial charge in [-0.25, -0.2) is 8.78 Å². The maximum absolute atomic E-state index is 13.4. The number of nitrogens with zero attached hydrogens (tertiary/aromatic N) is 1. The highest BCUT2D eigenvalue weighted by atomic mass is 19.2. The number of hydrogen-bond acceptors (Lipinski definition) is 2. The summed E-state index contributed by atoms with van der Waals surface area (Å²) in [6, 6.07) is 2.97. The van der Waals surface area contributed by atoms with Gasteiger partial charge in [-0.1, -0.05) is 6.07 Å². The van der Waals surface area contributed by atoms with E-state index in [-0.39, 0.29) is 18.4 Å². The van der Waals surface area contributed by atoms with Crippen molar-refractivity contribution in [2.45, 2.75) is 31.3 Å². The molecular weight excluding hydrogens is 266 g/mol. The third-order valence-electron chi connectivity index (χ3n) is 3.95. The first-order valence-electron chi connectivity index (χ1n) is 6.54. The molecule has 2 fully saturated rings. The van der Waals surface area contributed by atoms with Gasteiger partial charge in [0.15, 0.2) is 11.6 Å². The monoisotopic (exact) mass is 280 g/mol. The fourth-order valence-electron chi connectivity index (χ4n) is 2.88. The van der Waals surface area contributed by atoms with Gasteiger partial charge in [-0.15, -0.1) is 0 Å². The fraction of sp³-hybridized carbons (Fsp3) is 0.429. The molecule has 4 nitrogen and oxygen atoms in total. The van der Waals surface area contributed by atoms with Crippen molar-refractivity contribution in [2.75, 3.05) is 0 Å². The zero-order valence-corrected chi connectivity index (χ0v) is 10.7. The van der Waals surface area contributed by atoms with E-state index in [0.29, 0.717) is 5.56 Å². The number of carbonyl (C=O) groups is 2. The van der Waals surface area contributed by atoms with Crippen molar-refractivity contribution in [1.82, 2.24) is 4.90 Å². The molecule has 1 heterocycles. The van der Waals surface area contributed by atoms with Crippen LogP contribution in [-0.2, 0) is 9.59 Å². The van der Waals surface area contributed by atoms with Gasteiger partial charge < -0.3 is 10.6 Å². The minimum absolute atomic E-state index is 0.0372. The van der Waals surface area contributed by atoms with Gasteiger partial charge in [-0.05, 0) is 30.5 Å². The number of benzene rings is 1. The van der Waals surface area contributed by atoms with Gasteiger partial charge in [-0.3, -0.25) is 9.59 Å². The van der Waals surface area contributed by atoms with Crippen LogP contribution >= 0.6 is 0 Å². The second-order valence-corrected chi connectivity index (χ2v) is 5.36. The first-order chi connectivity index (χ1) is 9.49. The van der Waals surface area contributed by atoms with Gasteiger partial charge in [0, 0.05) is 12.5 Å². The molecule has 1 saturated heterocycles. The van der Waals surface area contributed by atoms with Crippen molar-refractivity contribution in [1.29, 1.82) is 0 Å². The summed E-state index contributed by atoms with van der Waals surface area (Å²) >= 11 is 0. The molecule has 2 amide bonds. The van der Waals surface area contributed by atoms with Crippen LogP contribution in [0.4, 0.5) is 8.78 Å². The molecule has 1 aromatic carbocycles. The molecule has 3 rings (SSSR count). The number of halogens is 2. The lowest BCUT2D eigenvalue weighted by molar-refractivity contribution is -0.129. The largest absolute Gasteiger partial charge is 0.369 e. The van der Waals surface area contributed by atoms with Gasteiger partial charge in [0.1, 0.15) is 0 Å². The summed E-state index contributed by atoms with van der Waals surface area (Å²) in [5, 5.41) is 0. The van der Waals surface area contributed by atoms with Crippen molar-refractivity contribution in [3.05, 3.63) is 35.4 Å². The summed E-state index contributed by atoms with van der Waals surface area (Å²) in [5.74, 6) is -3.36. The summed E-state index contributed by atoms with van der Waals surface area (Å²) < 4.78 is 26.4. The van der Waals surface area contributed by atoms with E-state index in [1.807, 2.05) is 0 Å². The molecule has 0 unspecified atom stereocenters. The van der Waals surface area contributed by atoms with Crippen LogP contribution in [0.1, 0.15) is 30.9 Å². The fourth-order valence-corrected chi connectivity index (χ4v) is 2.88. The minimum atomic E-state index is -0.985. The highest BCUT2D eigenvalue weighted by molar-refractivity contribution is 5.90. The van der Waals surface area contributed by atoms with Gasteiger partial charge >= 0.3 is 0 Å². The zero-order chi connectivity index (χ0) is 14.4. The summed E-state index contributed by atoms with van der Waals surface area (Å²) in [4.78, 5) is 25.2. The Morgan fingerprint density at radius 1 is 1.25 bits per heavy atom. The molecule has 6 heteroatoms. The predicted octanol–water partition coefficient (Wildman–Crippen LogP) is 1.50. The normalized spacial score (nSPS) is 26.1. The Hall–Kier alpha value is -1.98. The maximum Gasteiger partial charge on any atom is 0.224 e. The standard InChI is InChI=1S/C14H14F2N2O2/c15-10-4-1-7(5-11(10)16)13-9(14(17)20)6-12(19)18(13)8-2-3-8/h1,4-5,8-9,13H,2-3,6H2,(H2,17,20)/t9-,13-/m1/s1. The molecule has 1 saturated carbocycles. The maximum atomic E-state index is 13.4. The van der Waals surface area contributed by atoms with Gasteiger partial charge in [0.05, 0.1) is 12.0 Å². The summed E-state index contributed by atoms with van der Waals surface area (Å²) in [7, 11) is 0. The molecule has 106 valence electrons. The summed E-state index contributed by atoms with van der Waals surface area (Å²) in [6.07, 6.45) is 1.78. The molecule has 0 bridgehead atoms. The van der Waals surface area contributed by atoms with Crippen molar-refractivity contribution < 1.29 is 18.4 Å². The van der Waals surface area contributed by atoms with Gasteiger partial charge in [0.25, 0.3) is 0 Å². The van der Waals surface area contributed by atoms with Gasteiger partial charge in [0.2, 0.25) is 11.8 Å². The van der Waals surface area contributed by atoms with Crippen molar-refractivity contribution >= 4 is 11.8 Å². The van der Waals surface area contributed by atoms with Crippen LogP contribution in [0.15, 0.2) is 18.2 Å². The molecular formula is C14H14F2N2O2. The molecule has 0 radical (unpaired) electrons. The number of nitrogens with two attached hydrogens (primary N) is 1. The van der Waals surface area contributed by atoms with E-state index >= 15 is 0 Å². The lowest BCUT2D eigenvalue weighted by atomic mass is 9.93. The smallest absolute Gasteiger partial charge is 0.224 e. The second kappa shape index (κ2) is 4.54. The third kappa shape index (κ3) is 2.05. The van der Waals surface area contributed by atoms with Crippen LogP contribution in [-0.4, -0.2) is 22.8 Å². The Balaban J connectivity index is 2.02. The van der Waals surface area contributed by atoms with Crippen molar-refractivity contribution in [3.8, 4) is 0 Å². The lowest BCUT2D eigenvalue weighted by Crippen LogP contribution is -2.34. The Kier molecular flexibility index (Phi) is 2.96. The summed E-state index contributed by atoms with van der Waals surface area (Å²) in [6.45, 7) is 0. The SMILES string of the molecule is NC(=O)[C@@H]1CC(=O)N(C2CC2)[C@@H]1c1ccc(F)c(F)c1.